The Morgan fingerprint density at radius 1 is 1.00 bits per heavy atom. The molecular formula is C25H22N2O5S. The van der Waals surface area contributed by atoms with Crippen molar-refractivity contribution in [1.82, 2.24) is 9.55 Å². The SMILES string of the molecule is COC(=O)c1ccc(Cn2cnc3sc(C(=O)OCCc4ccccc4)c(C)c3c2=O)cc1. The van der Waals surface area contributed by atoms with E-state index >= 15 is 0 Å². The van der Waals surface area contributed by atoms with Gasteiger partial charge in [-0.25, -0.2) is 14.6 Å². The van der Waals surface area contributed by atoms with E-state index in [4.69, 9.17) is 9.47 Å². The Morgan fingerprint density at radius 3 is 2.42 bits per heavy atom. The second-order valence-electron chi connectivity index (χ2n) is 7.47. The summed E-state index contributed by atoms with van der Waals surface area (Å²) in [4.78, 5) is 42.6. The Hall–Kier alpha value is -3.78. The molecule has 0 aliphatic heterocycles. The van der Waals surface area contributed by atoms with Gasteiger partial charge in [-0.3, -0.25) is 9.36 Å². The van der Waals surface area contributed by atoms with Crippen LogP contribution in [-0.2, 0) is 22.4 Å². The lowest BCUT2D eigenvalue weighted by Gasteiger charge is -2.07. The van der Waals surface area contributed by atoms with Gasteiger partial charge in [0.15, 0.2) is 0 Å². The third-order valence-corrected chi connectivity index (χ3v) is 6.48. The summed E-state index contributed by atoms with van der Waals surface area (Å²) in [5.74, 6) is -0.866. The molecule has 0 radical (unpaired) electrons. The fraction of sp³-hybridized carbons (Fsp3) is 0.200. The van der Waals surface area contributed by atoms with Gasteiger partial charge in [0.1, 0.15) is 9.71 Å². The minimum absolute atomic E-state index is 0.228. The zero-order valence-corrected chi connectivity index (χ0v) is 19.1. The lowest BCUT2D eigenvalue weighted by Crippen LogP contribution is -2.21. The number of rotatable bonds is 7. The number of hydrogen-bond donors (Lipinski definition) is 0. The summed E-state index contributed by atoms with van der Waals surface area (Å²) in [7, 11) is 1.33. The van der Waals surface area contributed by atoms with Crippen LogP contribution in [0.3, 0.4) is 0 Å². The minimum Gasteiger partial charge on any atom is -0.465 e. The van der Waals surface area contributed by atoms with Crippen molar-refractivity contribution < 1.29 is 19.1 Å². The summed E-state index contributed by atoms with van der Waals surface area (Å²) in [6.45, 7) is 2.29. The Labute approximate surface area is 194 Å². The number of esters is 2. The lowest BCUT2D eigenvalue weighted by atomic mass is 10.1. The number of hydrogen-bond acceptors (Lipinski definition) is 7. The Morgan fingerprint density at radius 2 is 1.73 bits per heavy atom. The monoisotopic (exact) mass is 462 g/mol. The summed E-state index contributed by atoms with van der Waals surface area (Å²) in [5.41, 5.74) is 2.70. The van der Waals surface area contributed by atoms with E-state index in [0.717, 1.165) is 22.5 Å². The minimum atomic E-state index is -0.448. The van der Waals surface area contributed by atoms with Crippen molar-refractivity contribution in [2.45, 2.75) is 19.9 Å². The maximum atomic E-state index is 13.1. The fourth-order valence-electron chi connectivity index (χ4n) is 3.50. The van der Waals surface area contributed by atoms with Gasteiger partial charge in [0.25, 0.3) is 5.56 Å². The molecule has 4 rings (SSSR count). The number of benzene rings is 2. The molecule has 33 heavy (non-hydrogen) atoms. The van der Waals surface area contributed by atoms with Gasteiger partial charge in [0.05, 0.1) is 37.5 Å². The van der Waals surface area contributed by atoms with Gasteiger partial charge in [0.2, 0.25) is 0 Å². The highest BCUT2D eigenvalue weighted by molar-refractivity contribution is 7.20. The molecule has 0 saturated heterocycles. The van der Waals surface area contributed by atoms with Crippen LogP contribution in [0, 0.1) is 6.92 Å². The van der Waals surface area contributed by atoms with Crippen LogP contribution in [0.4, 0.5) is 0 Å². The quantitative estimate of drug-likeness (QED) is 0.386. The molecule has 0 saturated carbocycles. The molecule has 0 unspecified atom stereocenters. The molecule has 0 fully saturated rings. The zero-order valence-electron chi connectivity index (χ0n) is 18.2. The largest absolute Gasteiger partial charge is 0.465 e. The number of fused-ring (bicyclic) bond motifs is 1. The molecule has 0 N–H and O–H groups in total. The van der Waals surface area contributed by atoms with Crippen molar-refractivity contribution in [3.05, 3.63) is 98.4 Å². The van der Waals surface area contributed by atoms with Crippen LogP contribution in [0.2, 0.25) is 0 Å². The van der Waals surface area contributed by atoms with E-state index in [0.29, 0.717) is 32.6 Å². The molecule has 0 aliphatic rings. The third-order valence-electron chi connectivity index (χ3n) is 5.30. The summed E-state index contributed by atoms with van der Waals surface area (Å²) in [6.07, 6.45) is 2.09. The van der Waals surface area contributed by atoms with Crippen LogP contribution in [0.25, 0.3) is 10.2 Å². The molecule has 2 aromatic heterocycles. The first-order valence-corrected chi connectivity index (χ1v) is 11.2. The van der Waals surface area contributed by atoms with Crippen LogP contribution in [-0.4, -0.2) is 35.2 Å². The number of ether oxygens (including phenoxy) is 2. The first-order chi connectivity index (χ1) is 16.0. The molecule has 4 aromatic rings. The highest BCUT2D eigenvalue weighted by atomic mass is 32.1. The number of carbonyl (C=O) groups is 2. The van der Waals surface area contributed by atoms with Crippen molar-refractivity contribution in [3.8, 4) is 0 Å². The topological polar surface area (TPSA) is 87.5 Å². The number of thiophene rings is 1. The van der Waals surface area contributed by atoms with Gasteiger partial charge in [-0.15, -0.1) is 11.3 Å². The van der Waals surface area contributed by atoms with Gasteiger partial charge >= 0.3 is 11.9 Å². The average molecular weight is 463 g/mol. The summed E-state index contributed by atoms with van der Waals surface area (Å²) >= 11 is 1.16. The van der Waals surface area contributed by atoms with Gasteiger partial charge in [-0.05, 0) is 35.7 Å². The summed E-state index contributed by atoms with van der Waals surface area (Å²) < 4.78 is 11.6. The number of carbonyl (C=O) groups excluding carboxylic acids is 2. The van der Waals surface area contributed by atoms with Gasteiger partial charge in [-0.1, -0.05) is 42.5 Å². The maximum Gasteiger partial charge on any atom is 0.348 e. The van der Waals surface area contributed by atoms with E-state index in [1.54, 1.807) is 31.2 Å². The van der Waals surface area contributed by atoms with E-state index < -0.39 is 11.9 Å². The van der Waals surface area contributed by atoms with Crippen molar-refractivity contribution in [3.63, 3.8) is 0 Å². The Bertz CT molecular complexity index is 1360. The summed E-state index contributed by atoms with van der Waals surface area (Å²) in [5, 5.41) is 0.420. The second kappa shape index (κ2) is 9.79. The molecule has 0 spiro atoms. The standard InChI is InChI=1S/C25H22N2O5S/c1-16-20-22(33-21(16)25(30)32-13-12-17-6-4-3-5-7-17)26-15-27(23(20)28)14-18-8-10-19(11-9-18)24(29)31-2/h3-11,15H,12-14H2,1-2H3. The number of nitrogens with zero attached hydrogens (tertiary/aromatic N) is 2. The van der Waals surface area contributed by atoms with E-state index in [1.165, 1.54) is 18.0 Å². The van der Waals surface area contributed by atoms with Crippen molar-refractivity contribution in [2.75, 3.05) is 13.7 Å². The molecular weight excluding hydrogens is 440 g/mol. The molecule has 0 amide bonds. The predicted molar refractivity (Wildman–Crippen MR) is 126 cm³/mol. The van der Waals surface area contributed by atoms with Gasteiger partial charge in [0, 0.05) is 6.42 Å². The lowest BCUT2D eigenvalue weighted by molar-refractivity contribution is 0.0513. The summed E-state index contributed by atoms with van der Waals surface area (Å²) in [6, 6.07) is 16.6. The normalized spacial score (nSPS) is 10.8. The van der Waals surface area contributed by atoms with Gasteiger partial charge in [-0.2, -0.15) is 0 Å². The molecule has 8 heteroatoms. The molecule has 0 bridgehead atoms. The van der Waals surface area contributed by atoms with Crippen molar-refractivity contribution >= 4 is 33.5 Å². The maximum absolute atomic E-state index is 13.1. The Balaban J connectivity index is 1.52. The van der Waals surface area contributed by atoms with Crippen LogP contribution in [0.5, 0.6) is 0 Å². The zero-order chi connectivity index (χ0) is 23.4. The van der Waals surface area contributed by atoms with E-state index in [9.17, 15) is 14.4 Å². The van der Waals surface area contributed by atoms with Crippen LogP contribution in [0.1, 0.15) is 36.7 Å². The first-order valence-electron chi connectivity index (χ1n) is 10.3. The highest BCUT2D eigenvalue weighted by Crippen LogP contribution is 2.27. The van der Waals surface area contributed by atoms with Crippen molar-refractivity contribution in [2.24, 2.45) is 0 Å². The molecule has 2 aromatic carbocycles. The molecule has 2 heterocycles. The first kappa shape index (κ1) is 22.4. The van der Waals surface area contributed by atoms with Gasteiger partial charge < -0.3 is 9.47 Å². The van der Waals surface area contributed by atoms with Crippen LogP contribution < -0.4 is 5.56 Å². The van der Waals surface area contributed by atoms with E-state index in [-0.39, 0.29) is 18.7 Å². The highest BCUT2D eigenvalue weighted by Gasteiger charge is 2.20. The van der Waals surface area contributed by atoms with E-state index in [2.05, 4.69) is 4.98 Å². The molecule has 0 atom stereocenters. The smallest absolute Gasteiger partial charge is 0.348 e. The molecule has 168 valence electrons. The van der Waals surface area contributed by atoms with E-state index in [1.807, 2.05) is 30.3 Å². The van der Waals surface area contributed by atoms with Crippen LogP contribution >= 0.6 is 11.3 Å². The van der Waals surface area contributed by atoms with Crippen LogP contribution in [0.15, 0.2) is 65.7 Å². The fourth-order valence-corrected chi connectivity index (χ4v) is 4.53. The Kier molecular flexibility index (Phi) is 6.65. The third kappa shape index (κ3) is 4.85. The number of aryl methyl sites for hydroxylation is 1. The number of methoxy groups -OCH3 is 1. The van der Waals surface area contributed by atoms with Crippen molar-refractivity contribution in [1.29, 1.82) is 0 Å². The molecule has 7 nitrogen and oxygen atoms in total. The molecule has 0 aliphatic carbocycles. The second-order valence-corrected chi connectivity index (χ2v) is 8.47. The predicted octanol–water partition coefficient (Wildman–Crippen LogP) is 4.00. The average Bonchev–Trinajstić information content (AvgIpc) is 3.18. The number of aromatic nitrogens is 2.